The van der Waals surface area contributed by atoms with Crippen LogP contribution in [0.5, 0.6) is 11.5 Å². The molecule has 3 aromatic rings. The van der Waals surface area contributed by atoms with Gasteiger partial charge in [-0.3, -0.25) is 0 Å². The van der Waals surface area contributed by atoms with Crippen molar-refractivity contribution in [1.82, 2.24) is 0 Å². The van der Waals surface area contributed by atoms with Gasteiger partial charge >= 0.3 is 73.3 Å². The molecule has 0 heterocycles. The molecule has 3 aromatic carbocycles. The molecule has 0 radical (unpaired) electrons. The van der Waals surface area contributed by atoms with Crippen LogP contribution < -0.4 is 9.47 Å². The Kier molecular flexibility index (Phi) is 24.5. The Morgan fingerprint density at radius 1 is 0.253 bits per heavy atom. The van der Waals surface area contributed by atoms with Crippen molar-refractivity contribution < 1.29 is 211 Å². The molecule has 0 saturated heterocycles. The highest BCUT2D eigenvalue weighted by atomic mass is 19.4. The third kappa shape index (κ3) is 18.3. The van der Waals surface area contributed by atoms with Gasteiger partial charge in [-0.1, -0.05) is 38.0 Å². The monoisotopic (exact) mass is 1360 g/mol. The number of ether oxygens (including phenoxy) is 8. The summed E-state index contributed by atoms with van der Waals surface area (Å²) in [5.41, 5.74) is -4.11. The lowest BCUT2D eigenvalue weighted by molar-refractivity contribution is -0.558. The molecule has 0 aliphatic rings. The third-order valence-corrected chi connectivity index (χ3v) is 8.49. The molecule has 0 spiro atoms. The number of aliphatic hydroxyl groups is 2. The Bertz CT molecular complexity index is 2710. The molecule has 87 heavy (non-hydrogen) atoms. The number of benzene rings is 3. The van der Waals surface area contributed by atoms with Crippen molar-refractivity contribution in [3.05, 3.63) is 112 Å². The molecule has 3 rings (SSSR count). The van der Waals surface area contributed by atoms with Crippen LogP contribution in [-0.2, 0) is 28.4 Å². The predicted molar refractivity (Wildman–Crippen MR) is 200 cm³/mol. The Balaban J connectivity index is 0.000000817. The number of alkyl halides is 24. The molecule has 0 atom stereocenters. The first-order chi connectivity index (χ1) is 38.7. The largest absolute Gasteiger partial charge is 0.478 e. The van der Waals surface area contributed by atoms with Gasteiger partial charge < -0.3 is 19.7 Å². The molecule has 498 valence electrons. The molecule has 47 heteroatoms. The van der Waals surface area contributed by atoms with Crippen LogP contribution in [0.3, 0.4) is 0 Å². The van der Waals surface area contributed by atoms with Gasteiger partial charge in [0.05, 0.1) is 16.7 Å². The summed E-state index contributed by atoms with van der Waals surface area (Å²) in [6.07, 6.45) is -78.9. The number of hydrogen-bond acceptors (Lipinski definition) is 10. The van der Waals surface area contributed by atoms with Crippen LogP contribution in [0.25, 0.3) is 18.2 Å². The zero-order valence-corrected chi connectivity index (χ0v) is 39.8. The second-order valence-electron chi connectivity index (χ2n) is 14.8. The van der Waals surface area contributed by atoms with Gasteiger partial charge in [-0.25, -0.2) is 67.9 Å². The highest BCUT2D eigenvalue weighted by Gasteiger charge is 2.76. The van der Waals surface area contributed by atoms with Gasteiger partial charge in [0.2, 0.25) is 29.1 Å². The molecule has 0 aliphatic heterocycles. The maximum atomic E-state index is 13.8. The molecule has 2 N–H and O–H groups in total. The van der Waals surface area contributed by atoms with Crippen molar-refractivity contribution in [3.8, 4) is 11.5 Å². The van der Waals surface area contributed by atoms with Gasteiger partial charge in [-0.2, -0.15) is 123 Å². The van der Waals surface area contributed by atoms with Crippen molar-refractivity contribution in [2.75, 3.05) is 26.4 Å². The zero-order valence-electron chi connectivity index (χ0n) is 39.8. The molecular formula is C40H19F37O10. The van der Waals surface area contributed by atoms with E-state index < -0.39 is 204 Å². The summed E-state index contributed by atoms with van der Waals surface area (Å²) < 4.78 is 507. The van der Waals surface area contributed by atoms with Crippen LogP contribution in [0.15, 0.2) is 19.7 Å². The molecule has 0 fully saturated rings. The van der Waals surface area contributed by atoms with E-state index in [9.17, 15) is 162 Å². The van der Waals surface area contributed by atoms with Gasteiger partial charge in [0.1, 0.15) is 13.2 Å². The average molecular weight is 1360 g/mol. The lowest BCUT2D eigenvalue weighted by atomic mass is 10.1. The molecule has 0 aliphatic carbocycles. The quantitative estimate of drug-likeness (QED) is 0.0434. The van der Waals surface area contributed by atoms with E-state index in [0.717, 1.165) is 0 Å². The summed E-state index contributed by atoms with van der Waals surface area (Å²) >= 11 is 0. The smallest absolute Gasteiger partial charge is 0.453 e. The van der Waals surface area contributed by atoms with Gasteiger partial charge in [-0.15, -0.1) is 0 Å². The number of halogens is 37. The van der Waals surface area contributed by atoms with Crippen molar-refractivity contribution in [2.24, 2.45) is 0 Å². The number of hydrogen-bond donors (Lipinski definition) is 2. The van der Waals surface area contributed by atoms with Crippen molar-refractivity contribution >= 4 is 18.2 Å². The fourth-order valence-corrected chi connectivity index (χ4v) is 4.65. The second-order valence-corrected chi connectivity index (χ2v) is 14.8. The third-order valence-electron chi connectivity index (χ3n) is 8.49. The minimum absolute atomic E-state index is 0.163. The minimum Gasteiger partial charge on any atom is -0.478 e. The van der Waals surface area contributed by atoms with Crippen LogP contribution in [0, 0.1) is 75.6 Å². The number of aliphatic hydroxyl groups excluding tert-OH is 2. The lowest BCUT2D eigenvalue weighted by Gasteiger charge is -2.34. The predicted octanol–water partition coefficient (Wildman–Crippen LogP) is 14.8. The van der Waals surface area contributed by atoms with Gasteiger partial charge in [0.15, 0.2) is 71.3 Å². The summed E-state index contributed by atoms with van der Waals surface area (Å²) in [5, 5.41) is 15.7. The number of rotatable bonds is 27. The summed E-state index contributed by atoms with van der Waals surface area (Å²) in [6, 6.07) is 0. The molecule has 0 aromatic heterocycles. The Labute approximate surface area is 452 Å². The highest BCUT2D eigenvalue weighted by Crippen LogP contribution is 2.51. The molecule has 0 saturated carbocycles. The van der Waals surface area contributed by atoms with Crippen molar-refractivity contribution in [3.63, 3.8) is 0 Å². The molecule has 10 nitrogen and oxygen atoms in total. The summed E-state index contributed by atoms with van der Waals surface area (Å²) in [5.74, 6) is -34.7. The van der Waals surface area contributed by atoms with Crippen LogP contribution in [-0.4, -0.2) is 110 Å². The summed E-state index contributed by atoms with van der Waals surface area (Å²) in [4.78, 5) is 0. The fraction of sp³-hybridized carbons (Fsp3) is 0.400. The van der Waals surface area contributed by atoms with Gasteiger partial charge in [0, 0.05) is 0 Å². The molecule has 0 unspecified atom stereocenters. The first kappa shape index (κ1) is 78.6. The lowest BCUT2D eigenvalue weighted by Crippen LogP contribution is -2.58. The maximum Gasteiger partial charge on any atom is 0.453 e. The van der Waals surface area contributed by atoms with E-state index in [1.54, 1.807) is 9.47 Å². The van der Waals surface area contributed by atoms with Crippen LogP contribution in [0.1, 0.15) is 16.7 Å². The highest BCUT2D eigenvalue weighted by molar-refractivity contribution is 5.53. The van der Waals surface area contributed by atoms with Crippen LogP contribution in [0.2, 0.25) is 0 Å². The van der Waals surface area contributed by atoms with Gasteiger partial charge in [-0.05, 0) is 0 Å². The van der Waals surface area contributed by atoms with Gasteiger partial charge in [0.25, 0.3) is 0 Å². The Morgan fingerprint density at radius 2 is 0.414 bits per heavy atom. The SMILES string of the molecule is C=Cc1c(F)c(F)c(F)c(F)c1F.C=Cc1c(F)c(F)c(OCC(F)(F)OC(F)(F)C(F)(F)OC(F)(F)C(F)(F)OC(F)(F)COc2c(F)c(F)c(C=C)c(F)c2F)c(F)c1F.OCC(F)(F)OC(F)(F)C(F)(F)OC(F)(F)C(F)(F)OC(F)(F)CO. The Hall–Kier alpha value is -6.43. The summed E-state index contributed by atoms with van der Waals surface area (Å²) in [7, 11) is 0. The van der Waals surface area contributed by atoms with E-state index in [-0.39, 0.29) is 12.2 Å². The first-order valence-electron chi connectivity index (χ1n) is 20.1. The van der Waals surface area contributed by atoms with Crippen molar-refractivity contribution in [1.29, 1.82) is 0 Å². The summed E-state index contributed by atoms with van der Waals surface area (Å²) in [6.45, 7) is -3.10. The van der Waals surface area contributed by atoms with E-state index in [2.05, 4.69) is 38.7 Å². The van der Waals surface area contributed by atoms with E-state index in [1.165, 1.54) is 0 Å². The zero-order chi connectivity index (χ0) is 69.0. The molecular weight excluding hydrogens is 1340 g/mol. The standard InChI is InChI=1S/C24H10F20O5.C8H6F12O5.C8H3F5/c1-3-7-9(25)13(29)17(14(30)10(7)26)45-5-19(33,34)47-21(37,38)23(41,42)49-24(43,44)22(39,40)48-20(35,36)6-46-18-15(31)11(27)8(4-2)12(28)16(18)32;9-3(10,1-21)23-5(13,14)7(17,18)25-8(19,20)6(15,16)24-4(11,12)2-22;1-2-3-4(9)6(11)8(13)7(12)5(3)10/h3-4H,1-2,5-6H2;21-22H,1-2H2;2H,1H2. The Morgan fingerprint density at radius 3 is 0.598 bits per heavy atom. The molecule has 0 amide bonds. The normalized spacial score (nSPS) is 13.6. The first-order valence-corrected chi connectivity index (χ1v) is 20.1. The fourth-order valence-electron chi connectivity index (χ4n) is 4.65. The topological polar surface area (TPSA) is 114 Å². The second kappa shape index (κ2) is 27.1. The van der Waals surface area contributed by atoms with E-state index in [4.69, 9.17) is 10.2 Å². The van der Waals surface area contributed by atoms with Crippen LogP contribution in [0.4, 0.5) is 162 Å². The van der Waals surface area contributed by atoms with Crippen LogP contribution >= 0.6 is 0 Å². The minimum atomic E-state index is -7.44. The molecule has 0 bridgehead atoms. The van der Waals surface area contributed by atoms with E-state index in [1.807, 2.05) is 9.47 Å². The van der Waals surface area contributed by atoms with Crippen molar-refractivity contribution in [2.45, 2.75) is 73.3 Å². The maximum absolute atomic E-state index is 13.8. The van der Waals surface area contributed by atoms with E-state index >= 15 is 0 Å². The average Bonchev–Trinajstić information content (AvgIpc) is 1.44. The van der Waals surface area contributed by atoms with E-state index in [0.29, 0.717) is 6.08 Å².